The lowest BCUT2D eigenvalue weighted by atomic mass is 10.0. The maximum atomic E-state index is 14.0. The smallest absolute Gasteiger partial charge is 0.128 e. The molecule has 2 aromatic rings. The Morgan fingerprint density at radius 2 is 1.75 bits per heavy atom. The number of hydrogen-bond acceptors (Lipinski definition) is 2. The van der Waals surface area contributed by atoms with Gasteiger partial charge >= 0.3 is 0 Å². The third-order valence-electron chi connectivity index (χ3n) is 3.18. The largest absolute Gasteiger partial charge is 0.392 e. The SMILES string of the molecule is CN(Cc1ccccc1)C(C(N)=S)c1ccccc1F. The minimum absolute atomic E-state index is 0.272. The molecule has 0 saturated heterocycles. The summed E-state index contributed by atoms with van der Waals surface area (Å²) in [5.41, 5.74) is 7.46. The summed E-state index contributed by atoms with van der Waals surface area (Å²) in [5.74, 6) is -0.287. The van der Waals surface area contributed by atoms with Crippen molar-refractivity contribution in [3.63, 3.8) is 0 Å². The predicted molar refractivity (Wildman–Crippen MR) is 83.8 cm³/mol. The highest BCUT2D eigenvalue weighted by Crippen LogP contribution is 2.24. The topological polar surface area (TPSA) is 29.3 Å². The Kier molecular flexibility index (Phi) is 4.82. The van der Waals surface area contributed by atoms with Crippen LogP contribution in [0.15, 0.2) is 54.6 Å². The number of hydrogen-bond donors (Lipinski definition) is 1. The van der Waals surface area contributed by atoms with Crippen molar-refractivity contribution < 1.29 is 4.39 Å². The third kappa shape index (κ3) is 3.40. The van der Waals surface area contributed by atoms with E-state index in [1.807, 2.05) is 42.3 Å². The van der Waals surface area contributed by atoms with Crippen LogP contribution in [-0.2, 0) is 6.54 Å². The molecule has 4 heteroatoms. The fourth-order valence-electron chi connectivity index (χ4n) is 2.27. The molecular weight excluding hydrogens is 271 g/mol. The molecular formula is C16H17FN2S. The average Bonchev–Trinajstić information content (AvgIpc) is 2.42. The zero-order chi connectivity index (χ0) is 14.5. The quantitative estimate of drug-likeness (QED) is 0.856. The molecule has 0 aromatic heterocycles. The molecule has 2 rings (SSSR count). The van der Waals surface area contributed by atoms with E-state index in [1.54, 1.807) is 18.2 Å². The van der Waals surface area contributed by atoms with Gasteiger partial charge in [-0.3, -0.25) is 4.90 Å². The van der Waals surface area contributed by atoms with E-state index in [2.05, 4.69) is 0 Å². The zero-order valence-electron chi connectivity index (χ0n) is 11.3. The van der Waals surface area contributed by atoms with Crippen molar-refractivity contribution in [3.05, 3.63) is 71.5 Å². The lowest BCUT2D eigenvalue weighted by molar-refractivity contribution is 0.288. The van der Waals surface area contributed by atoms with Crippen molar-refractivity contribution in [2.75, 3.05) is 7.05 Å². The Morgan fingerprint density at radius 3 is 2.35 bits per heavy atom. The normalized spacial score (nSPS) is 12.3. The molecule has 0 aliphatic carbocycles. The van der Waals surface area contributed by atoms with E-state index in [0.29, 0.717) is 12.1 Å². The maximum absolute atomic E-state index is 14.0. The van der Waals surface area contributed by atoms with Gasteiger partial charge in [0.15, 0.2) is 0 Å². The summed E-state index contributed by atoms with van der Waals surface area (Å²) in [5, 5.41) is 0. The molecule has 0 heterocycles. The first-order valence-corrected chi connectivity index (χ1v) is 6.78. The Labute approximate surface area is 124 Å². The van der Waals surface area contributed by atoms with Gasteiger partial charge in [-0.1, -0.05) is 60.7 Å². The number of halogens is 1. The number of benzene rings is 2. The molecule has 0 aliphatic heterocycles. The van der Waals surface area contributed by atoms with Crippen LogP contribution in [0.25, 0.3) is 0 Å². The van der Waals surface area contributed by atoms with E-state index in [9.17, 15) is 4.39 Å². The second-order valence-electron chi connectivity index (χ2n) is 4.73. The van der Waals surface area contributed by atoms with Gasteiger partial charge in [0, 0.05) is 12.1 Å². The van der Waals surface area contributed by atoms with E-state index < -0.39 is 6.04 Å². The second kappa shape index (κ2) is 6.59. The van der Waals surface area contributed by atoms with Crippen molar-refractivity contribution in [2.24, 2.45) is 5.73 Å². The summed E-state index contributed by atoms with van der Waals surface area (Å²) in [6.07, 6.45) is 0. The van der Waals surface area contributed by atoms with Crippen LogP contribution in [0.3, 0.4) is 0 Å². The fourth-order valence-corrected chi connectivity index (χ4v) is 2.57. The predicted octanol–water partition coefficient (Wildman–Crippen LogP) is 3.28. The van der Waals surface area contributed by atoms with Crippen LogP contribution in [0, 0.1) is 5.82 Å². The molecule has 0 amide bonds. The van der Waals surface area contributed by atoms with Crippen LogP contribution >= 0.6 is 12.2 Å². The van der Waals surface area contributed by atoms with Crippen LogP contribution in [-0.4, -0.2) is 16.9 Å². The first-order chi connectivity index (χ1) is 9.59. The average molecular weight is 288 g/mol. The first-order valence-electron chi connectivity index (χ1n) is 6.37. The molecule has 0 radical (unpaired) electrons. The van der Waals surface area contributed by atoms with Crippen LogP contribution < -0.4 is 5.73 Å². The van der Waals surface area contributed by atoms with Gasteiger partial charge in [-0.25, -0.2) is 4.39 Å². The van der Waals surface area contributed by atoms with Crippen molar-refractivity contribution in [1.82, 2.24) is 4.90 Å². The van der Waals surface area contributed by atoms with Crippen LogP contribution in [0.2, 0.25) is 0 Å². The van der Waals surface area contributed by atoms with Crippen molar-refractivity contribution in [1.29, 1.82) is 0 Å². The van der Waals surface area contributed by atoms with Gasteiger partial charge in [0.1, 0.15) is 5.82 Å². The molecule has 1 atom stereocenters. The summed E-state index contributed by atoms with van der Waals surface area (Å²) in [6.45, 7) is 0.650. The molecule has 1 unspecified atom stereocenters. The lowest BCUT2D eigenvalue weighted by Crippen LogP contribution is -2.34. The minimum Gasteiger partial charge on any atom is -0.392 e. The summed E-state index contributed by atoms with van der Waals surface area (Å²) in [4.78, 5) is 2.23. The monoisotopic (exact) mass is 288 g/mol. The number of rotatable bonds is 5. The molecule has 0 spiro atoms. The Balaban J connectivity index is 2.25. The van der Waals surface area contributed by atoms with Gasteiger partial charge in [0.2, 0.25) is 0 Å². The van der Waals surface area contributed by atoms with Gasteiger partial charge in [0.25, 0.3) is 0 Å². The van der Waals surface area contributed by atoms with Crippen LogP contribution in [0.1, 0.15) is 17.2 Å². The van der Waals surface area contributed by atoms with E-state index in [1.165, 1.54) is 6.07 Å². The highest BCUT2D eigenvalue weighted by Gasteiger charge is 2.22. The van der Waals surface area contributed by atoms with Gasteiger partial charge in [-0.2, -0.15) is 0 Å². The van der Waals surface area contributed by atoms with Gasteiger partial charge < -0.3 is 5.73 Å². The molecule has 0 bridgehead atoms. The second-order valence-corrected chi connectivity index (χ2v) is 5.20. The molecule has 2 aromatic carbocycles. The number of thiocarbonyl (C=S) groups is 1. The summed E-state index contributed by atoms with van der Waals surface area (Å²) < 4.78 is 14.0. The van der Waals surface area contributed by atoms with Gasteiger partial charge in [-0.05, 0) is 18.7 Å². The summed E-state index contributed by atoms with van der Waals surface area (Å²) in [7, 11) is 1.89. The first kappa shape index (κ1) is 14.6. The Morgan fingerprint density at radius 1 is 1.15 bits per heavy atom. The number of nitrogens with two attached hydrogens (primary N) is 1. The van der Waals surface area contributed by atoms with Crippen LogP contribution in [0.4, 0.5) is 4.39 Å². The van der Waals surface area contributed by atoms with E-state index in [0.717, 1.165) is 5.56 Å². The van der Waals surface area contributed by atoms with Crippen molar-refractivity contribution in [2.45, 2.75) is 12.6 Å². The van der Waals surface area contributed by atoms with Crippen molar-refractivity contribution in [3.8, 4) is 0 Å². The highest BCUT2D eigenvalue weighted by atomic mass is 32.1. The highest BCUT2D eigenvalue weighted by molar-refractivity contribution is 7.80. The lowest BCUT2D eigenvalue weighted by Gasteiger charge is -2.28. The molecule has 0 fully saturated rings. The van der Waals surface area contributed by atoms with Gasteiger partial charge in [-0.15, -0.1) is 0 Å². The molecule has 104 valence electrons. The maximum Gasteiger partial charge on any atom is 0.128 e. The molecule has 0 saturated carbocycles. The van der Waals surface area contributed by atoms with E-state index >= 15 is 0 Å². The molecule has 2 N–H and O–H groups in total. The Hall–Kier alpha value is -1.78. The fraction of sp³-hybridized carbons (Fsp3) is 0.188. The number of likely N-dealkylation sites (N-methyl/N-ethyl adjacent to an activating group) is 1. The minimum atomic E-state index is -0.411. The number of nitrogens with zero attached hydrogens (tertiary/aromatic N) is 1. The molecule has 2 nitrogen and oxygen atoms in total. The molecule has 0 aliphatic rings. The van der Waals surface area contributed by atoms with Crippen molar-refractivity contribution >= 4 is 17.2 Å². The van der Waals surface area contributed by atoms with Gasteiger partial charge in [0.05, 0.1) is 11.0 Å². The Bertz CT molecular complexity index is 586. The zero-order valence-corrected chi connectivity index (χ0v) is 12.1. The van der Waals surface area contributed by atoms with Crippen LogP contribution in [0.5, 0.6) is 0 Å². The molecule has 20 heavy (non-hydrogen) atoms. The standard InChI is InChI=1S/C16H17FN2S/c1-19(11-12-7-3-2-4-8-12)15(16(18)20)13-9-5-6-10-14(13)17/h2-10,15H,11H2,1H3,(H2,18,20). The third-order valence-corrected chi connectivity index (χ3v) is 3.41. The summed E-state index contributed by atoms with van der Waals surface area (Å²) >= 11 is 5.12. The van der Waals surface area contributed by atoms with E-state index in [-0.39, 0.29) is 10.8 Å². The van der Waals surface area contributed by atoms with E-state index in [4.69, 9.17) is 18.0 Å². The summed E-state index contributed by atoms with van der Waals surface area (Å²) in [6, 6.07) is 16.1.